The van der Waals surface area contributed by atoms with Crippen LogP contribution in [0, 0.1) is 17.1 Å². The third-order valence-electron chi connectivity index (χ3n) is 4.20. The van der Waals surface area contributed by atoms with Gasteiger partial charge in [-0.15, -0.1) is 0 Å². The minimum Gasteiger partial charge on any atom is -0.457 e. The van der Waals surface area contributed by atoms with Crippen LogP contribution in [-0.2, 0) is 6.42 Å². The molecule has 1 aliphatic carbocycles. The van der Waals surface area contributed by atoms with Gasteiger partial charge in [-0.2, -0.15) is 15.7 Å². The summed E-state index contributed by atoms with van der Waals surface area (Å²) < 4.78 is 19.4. The molecule has 1 N–H and O–H groups in total. The Hall–Kier alpha value is -2.16. The van der Waals surface area contributed by atoms with Gasteiger partial charge in [0.15, 0.2) is 0 Å². The van der Waals surface area contributed by atoms with Gasteiger partial charge >= 0.3 is 0 Å². The Morgan fingerprint density at radius 1 is 1.38 bits per heavy atom. The van der Waals surface area contributed by atoms with Crippen LogP contribution in [0.25, 0.3) is 0 Å². The van der Waals surface area contributed by atoms with Gasteiger partial charge in [-0.05, 0) is 50.3 Å². The van der Waals surface area contributed by atoms with Crippen LogP contribution in [0.5, 0.6) is 11.5 Å². The summed E-state index contributed by atoms with van der Waals surface area (Å²) in [6, 6.07) is 9.71. The molecule has 124 valence electrons. The zero-order valence-electron chi connectivity index (χ0n) is 13.5. The van der Waals surface area contributed by atoms with E-state index in [1.54, 1.807) is 0 Å². The van der Waals surface area contributed by atoms with Crippen molar-refractivity contribution in [2.24, 2.45) is 0 Å². The SMILES string of the molecule is C/C=S(/C)c1ccc(Oc2cc(F)cc(C#N)c2)c2c1C(O)CC2. The zero-order valence-corrected chi connectivity index (χ0v) is 14.4. The summed E-state index contributed by atoms with van der Waals surface area (Å²) in [5, 5.41) is 21.4. The predicted octanol–water partition coefficient (Wildman–Crippen LogP) is 4.55. The first-order valence-electron chi connectivity index (χ1n) is 7.70. The van der Waals surface area contributed by atoms with E-state index >= 15 is 0 Å². The average Bonchev–Trinajstić information content (AvgIpc) is 2.96. The van der Waals surface area contributed by atoms with Crippen LogP contribution in [0.2, 0.25) is 0 Å². The molecule has 0 heterocycles. The topological polar surface area (TPSA) is 53.2 Å². The van der Waals surface area contributed by atoms with E-state index in [1.165, 1.54) is 18.2 Å². The van der Waals surface area contributed by atoms with E-state index in [0.29, 0.717) is 17.9 Å². The van der Waals surface area contributed by atoms with Crippen LogP contribution in [0.1, 0.15) is 36.1 Å². The van der Waals surface area contributed by atoms with Gasteiger partial charge in [-0.1, -0.05) is 5.37 Å². The lowest BCUT2D eigenvalue weighted by atomic mass is 10.1. The van der Waals surface area contributed by atoms with Crippen LogP contribution < -0.4 is 4.74 Å². The van der Waals surface area contributed by atoms with Gasteiger partial charge in [0.25, 0.3) is 0 Å². The quantitative estimate of drug-likeness (QED) is 0.832. The van der Waals surface area contributed by atoms with Gasteiger partial charge in [-0.25, -0.2) is 4.39 Å². The molecule has 0 amide bonds. The standard InChI is InChI=1S/C19H18FNO2S/c1-3-24(2)18-7-6-17(15-4-5-16(22)19(15)18)23-14-9-12(11-21)8-13(20)10-14/h3,6-10,16,22H,4-5H2,1-2H3. The van der Waals surface area contributed by atoms with Crippen LogP contribution in [-0.4, -0.2) is 16.7 Å². The van der Waals surface area contributed by atoms with E-state index in [2.05, 4.69) is 11.6 Å². The Balaban J connectivity index is 2.05. The van der Waals surface area contributed by atoms with E-state index in [4.69, 9.17) is 10.00 Å². The lowest BCUT2D eigenvalue weighted by molar-refractivity contribution is 0.177. The molecule has 0 aromatic heterocycles. The van der Waals surface area contributed by atoms with Gasteiger partial charge in [0.1, 0.15) is 17.3 Å². The molecular weight excluding hydrogens is 325 g/mol. The minimum absolute atomic E-state index is 0.0499. The lowest BCUT2D eigenvalue weighted by Crippen LogP contribution is -1.97. The smallest absolute Gasteiger partial charge is 0.131 e. The number of hydrogen-bond donors (Lipinski definition) is 1. The normalized spacial score (nSPS) is 17.4. The second-order valence-corrected chi connectivity index (χ2v) is 7.72. The maximum atomic E-state index is 13.6. The molecule has 0 bridgehead atoms. The Labute approximate surface area is 143 Å². The zero-order chi connectivity index (χ0) is 17.3. The van der Waals surface area contributed by atoms with Crippen LogP contribution in [0.4, 0.5) is 4.39 Å². The number of benzene rings is 2. The first-order valence-corrected chi connectivity index (χ1v) is 9.39. The highest BCUT2D eigenvalue weighted by Gasteiger charge is 2.27. The Morgan fingerprint density at radius 3 is 2.88 bits per heavy atom. The van der Waals surface area contributed by atoms with Crippen molar-refractivity contribution in [1.29, 1.82) is 5.26 Å². The van der Waals surface area contributed by atoms with Gasteiger partial charge in [0.2, 0.25) is 0 Å². The van der Waals surface area contributed by atoms with E-state index < -0.39 is 11.9 Å². The Bertz CT molecular complexity index is 870. The molecule has 2 unspecified atom stereocenters. The highest BCUT2D eigenvalue weighted by molar-refractivity contribution is 8.14. The highest BCUT2D eigenvalue weighted by atomic mass is 32.2. The number of halogens is 1. The maximum Gasteiger partial charge on any atom is 0.131 e. The second-order valence-electron chi connectivity index (χ2n) is 5.69. The van der Waals surface area contributed by atoms with Crippen LogP contribution in [0.3, 0.4) is 0 Å². The molecule has 5 heteroatoms. The van der Waals surface area contributed by atoms with Crippen molar-refractivity contribution < 1.29 is 14.2 Å². The number of fused-ring (bicyclic) bond motifs is 1. The van der Waals surface area contributed by atoms with Crippen LogP contribution >= 0.6 is 10.5 Å². The number of hydrogen-bond acceptors (Lipinski definition) is 3. The van der Waals surface area contributed by atoms with Crippen molar-refractivity contribution in [3.05, 3.63) is 52.8 Å². The summed E-state index contributed by atoms with van der Waals surface area (Å²) in [6.07, 6.45) is 3.01. The Kier molecular flexibility index (Phi) is 4.70. The molecule has 2 aromatic carbocycles. The van der Waals surface area contributed by atoms with Crippen molar-refractivity contribution >= 4 is 15.9 Å². The fourth-order valence-corrected chi connectivity index (χ4v) is 4.13. The molecule has 0 radical (unpaired) electrons. The third-order valence-corrected chi connectivity index (χ3v) is 5.96. The largest absolute Gasteiger partial charge is 0.457 e. The fraction of sp³-hybridized carbons (Fsp3) is 0.263. The number of rotatable bonds is 3. The molecule has 1 aliphatic rings. The molecule has 0 spiro atoms. The summed E-state index contributed by atoms with van der Waals surface area (Å²) >= 11 is 0. The van der Waals surface area contributed by atoms with E-state index in [-0.39, 0.29) is 16.0 Å². The first-order chi connectivity index (χ1) is 11.5. The molecule has 3 rings (SSSR count). The summed E-state index contributed by atoms with van der Waals surface area (Å²) in [5.74, 6) is 0.404. The molecule has 2 aromatic rings. The molecule has 3 nitrogen and oxygen atoms in total. The number of nitrogens with zero attached hydrogens (tertiary/aromatic N) is 1. The van der Waals surface area contributed by atoms with Crippen LogP contribution in [0.15, 0.2) is 35.2 Å². The number of nitriles is 1. The number of aliphatic hydroxyl groups excluding tert-OH is 1. The molecule has 2 atom stereocenters. The summed E-state index contributed by atoms with van der Waals surface area (Å²) in [6.45, 7) is 2.01. The monoisotopic (exact) mass is 343 g/mol. The summed E-state index contributed by atoms with van der Waals surface area (Å²) in [5.41, 5.74) is 2.13. The summed E-state index contributed by atoms with van der Waals surface area (Å²) in [7, 11) is -0.0499. The molecule has 0 saturated carbocycles. The molecular formula is C19H18FNO2S. The fourth-order valence-electron chi connectivity index (χ4n) is 2.99. The number of ether oxygens (including phenoxy) is 1. The van der Waals surface area contributed by atoms with Crippen molar-refractivity contribution in [3.63, 3.8) is 0 Å². The van der Waals surface area contributed by atoms with E-state index in [0.717, 1.165) is 22.4 Å². The molecule has 0 saturated heterocycles. The lowest BCUT2D eigenvalue weighted by Gasteiger charge is -2.16. The van der Waals surface area contributed by atoms with Gasteiger partial charge in [-0.3, -0.25) is 0 Å². The van der Waals surface area contributed by atoms with E-state index in [9.17, 15) is 9.50 Å². The average molecular weight is 343 g/mol. The summed E-state index contributed by atoms with van der Waals surface area (Å²) in [4.78, 5) is 1.13. The molecule has 0 fully saturated rings. The maximum absolute atomic E-state index is 13.6. The predicted molar refractivity (Wildman–Crippen MR) is 94.4 cm³/mol. The highest BCUT2D eigenvalue weighted by Crippen LogP contribution is 2.45. The third kappa shape index (κ3) is 3.08. The van der Waals surface area contributed by atoms with Gasteiger partial charge < -0.3 is 9.84 Å². The molecule has 24 heavy (non-hydrogen) atoms. The molecule has 0 aliphatic heterocycles. The first kappa shape index (κ1) is 16.7. The number of aliphatic hydroxyl groups is 1. The van der Waals surface area contributed by atoms with Gasteiger partial charge in [0.05, 0.1) is 17.7 Å². The second kappa shape index (κ2) is 6.76. The Morgan fingerprint density at radius 2 is 2.17 bits per heavy atom. The van der Waals surface area contributed by atoms with Gasteiger partial charge in [0, 0.05) is 22.1 Å². The van der Waals surface area contributed by atoms with Crippen molar-refractivity contribution in [2.75, 3.05) is 6.26 Å². The van der Waals surface area contributed by atoms with E-state index in [1.807, 2.05) is 25.1 Å². The van der Waals surface area contributed by atoms with Crippen molar-refractivity contribution in [3.8, 4) is 17.6 Å². The van der Waals surface area contributed by atoms with Crippen molar-refractivity contribution in [2.45, 2.75) is 30.8 Å². The minimum atomic E-state index is -0.506. The van der Waals surface area contributed by atoms with Crippen molar-refractivity contribution in [1.82, 2.24) is 0 Å².